The molecule has 80 valence electrons. The average Bonchev–Trinajstić information content (AvgIpc) is 1.81. The Labute approximate surface area is 84.3 Å². The molecule has 0 aromatic rings. The van der Waals surface area contributed by atoms with Gasteiger partial charge >= 0.3 is 0 Å². The summed E-state index contributed by atoms with van der Waals surface area (Å²) < 4.78 is 2.20. The third-order valence-electron chi connectivity index (χ3n) is 2.16. The summed E-state index contributed by atoms with van der Waals surface area (Å²) in [6, 6.07) is 0. The van der Waals surface area contributed by atoms with Crippen LogP contribution in [0.3, 0.4) is 0 Å². The summed E-state index contributed by atoms with van der Waals surface area (Å²) in [4.78, 5) is 0. The Morgan fingerprint density at radius 1 is 0.538 bits per heavy atom. The topological polar surface area (TPSA) is 0 Å². The van der Waals surface area contributed by atoms with Gasteiger partial charge in [0.15, 0.2) is 0 Å². The molecule has 0 unspecified atom stereocenters. The van der Waals surface area contributed by atoms with E-state index in [1.165, 1.54) is 32.4 Å². The van der Waals surface area contributed by atoms with Crippen LogP contribution in [0.15, 0.2) is 0 Å². The molecule has 0 aromatic heterocycles. The maximum Gasteiger partial charge on any atom is 0.0780 e. The highest BCUT2D eigenvalue weighted by molar-refractivity contribution is 4.40. The summed E-state index contributed by atoms with van der Waals surface area (Å²) in [6.45, 7) is 2.61. The molecule has 0 rings (SSSR count). The van der Waals surface area contributed by atoms with Gasteiger partial charge in [0.25, 0.3) is 0 Å². The molecule has 0 aliphatic rings. The number of hydrogen-bond donors (Lipinski definition) is 0. The zero-order valence-electron chi connectivity index (χ0n) is 10.4. The van der Waals surface area contributed by atoms with Gasteiger partial charge in [-0.25, -0.2) is 0 Å². The van der Waals surface area contributed by atoms with Crippen molar-refractivity contribution in [3.63, 3.8) is 0 Å². The Morgan fingerprint density at radius 3 is 1.08 bits per heavy atom. The van der Waals surface area contributed by atoms with Crippen molar-refractivity contribution < 1.29 is 8.97 Å². The van der Waals surface area contributed by atoms with Gasteiger partial charge in [-0.2, -0.15) is 0 Å². The van der Waals surface area contributed by atoms with Crippen molar-refractivity contribution in [3.05, 3.63) is 0 Å². The molecule has 0 heterocycles. The van der Waals surface area contributed by atoms with Crippen molar-refractivity contribution in [2.75, 3.05) is 55.4 Å². The van der Waals surface area contributed by atoms with Crippen molar-refractivity contribution in [1.82, 2.24) is 0 Å². The van der Waals surface area contributed by atoms with Crippen LogP contribution < -0.4 is 0 Å². The van der Waals surface area contributed by atoms with E-state index < -0.39 is 0 Å². The number of unbranched alkanes of at least 4 members (excludes halogenated alkanes) is 2. The predicted octanol–water partition coefficient (Wildman–Crippen LogP) is 1.57. The van der Waals surface area contributed by atoms with E-state index in [0.717, 1.165) is 8.97 Å². The highest BCUT2D eigenvalue weighted by atomic mass is 15.3. The Bertz CT molecular complexity index is 112. The smallest absolute Gasteiger partial charge is 0.0780 e. The minimum absolute atomic E-state index is 1.10. The summed E-state index contributed by atoms with van der Waals surface area (Å²) in [7, 11) is 13.6. The van der Waals surface area contributed by atoms with Crippen LogP contribution in [0.4, 0.5) is 0 Å². The molecular formula is C11H28N2+2. The maximum atomic E-state index is 2.26. The lowest BCUT2D eigenvalue weighted by molar-refractivity contribution is -0.872. The fourth-order valence-corrected chi connectivity index (χ4v) is 1.35. The highest BCUT2D eigenvalue weighted by Gasteiger charge is 2.08. The van der Waals surface area contributed by atoms with Crippen LogP contribution in [0.1, 0.15) is 19.3 Å². The Hall–Kier alpha value is -0.0800. The van der Waals surface area contributed by atoms with E-state index in [9.17, 15) is 0 Å². The van der Waals surface area contributed by atoms with Crippen LogP contribution in [0.5, 0.6) is 0 Å². The molecule has 2 heteroatoms. The molecule has 0 fully saturated rings. The highest BCUT2D eigenvalue weighted by Crippen LogP contribution is 2.03. The second-order valence-corrected chi connectivity index (χ2v) is 6.09. The van der Waals surface area contributed by atoms with Crippen molar-refractivity contribution in [2.45, 2.75) is 19.3 Å². The van der Waals surface area contributed by atoms with Crippen molar-refractivity contribution in [1.29, 1.82) is 0 Å². The van der Waals surface area contributed by atoms with Crippen LogP contribution in [0.25, 0.3) is 0 Å². The molecule has 0 bridgehead atoms. The van der Waals surface area contributed by atoms with E-state index in [2.05, 4.69) is 42.3 Å². The number of hydrogen-bond acceptors (Lipinski definition) is 0. The van der Waals surface area contributed by atoms with Gasteiger partial charge in [0, 0.05) is 0 Å². The molecule has 13 heavy (non-hydrogen) atoms. The lowest BCUT2D eigenvalue weighted by Gasteiger charge is -2.25. The second kappa shape index (κ2) is 4.97. The van der Waals surface area contributed by atoms with Crippen LogP contribution in [-0.4, -0.2) is 64.3 Å². The van der Waals surface area contributed by atoms with E-state index in [1.54, 1.807) is 0 Å². The largest absolute Gasteiger partial charge is 0.331 e. The van der Waals surface area contributed by atoms with Gasteiger partial charge in [0.05, 0.1) is 55.4 Å². The molecule has 0 saturated heterocycles. The summed E-state index contributed by atoms with van der Waals surface area (Å²) in [5.41, 5.74) is 0. The Balaban J connectivity index is 3.28. The molecule has 0 aliphatic heterocycles. The normalized spacial score (nSPS) is 13.4. The Kier molecular flexibility index (Phi) is 4.93. The lowest BCUT2D eigenvalue weighted by atomic mass is 10.2. The SMILES string of the molecule is C[N+](C)(C)CCCCC[N+](C)(C)C. The van der Waals surface area contributed by atoms with Gasteiger partial charge < -0.3 is 8.97 Å². The first kappa shape index (κ1) is 12.9. The molecule has 0 spiro atoms. The molecule has 2 nitrogen and oxygen atoms in total. The van der Waals surface area contributed by atoms with E-state index in [0.29, 0.717) is 0 Å². The monoisotopic (exact) mass is 188 g/mol. The second-order valence-electron chi connectivity index (χ2n) is 6.09. The molecule has 0 atom stereocenters. The van der Waals surface area contributed by atoms with E-state index >= 15 is 0 Å². The zero-order chi connectivity index (χ0) is 10.5. The van der Waals surface area contributed by atoms with Gasteiger partial charge in [-0.05, 0) is 19.3 Å². The van der Waals surface area contributed by atoms with Gasteiger partial charge in [0.1, 0.15) is 0 Å². The van der Waals surface area contributed by atoms with E-state index in [1.807, 2.05) is 0 Å². The first-order valence-corrected chi connectivity index (χ1v) is 5.32. The zero-order valence-corrected chi connectivity index (χ0v) is 10.4. The van der Waals surface area contributed by atoms with Crippen molar-refractivity contribution >= 4 is 0 Å². The fraction of sp³-hybridized carbons (Fsp3) is 1.00. The predicted molar refractivity (Wildman–Crippen MR) is 59.6 cm³/mol. The van der Waals surface area contributed by atoms with E-state index in [-0.39, 0.29) is 0 Å². The molecule has 0 aromatic carbocycles. The molecule has 0 aliphatic carbocycles. The van der Waals surface area contributed by atoms with E-state index in [4.69, 9.17) is 0 Å². The number of rotatable bonds is 6. The first-order valence-electron chi connectivity index (χ1n) is 5.32. The van der Waals surface area contributed by atoms with Gasteiger partial charge in [-0.1, -0.05) is 0 Å². The molecule has 0 N–H and O–H groups in total. The Morgan fingerprint density at radius 2 is 0.846 bits per heavy atom. The van der Waals surface area contributed by atoms with Crippen LogP contribution >= 0.6 is 0 Å². The molecule has 0 amide bonds. The molecule has 0 saturated carbocycles. The average molecular weight is 188 g/mol. The fourth-order valence-electron chi connectivity index (χ4n) is 1.35. The summed E-state index contributed by atoms with van der Waals surface area (Å²) in [6.07, 6.45) is 4.11. The summed E-state index contributed by atoms with van der Waals surface area (Å²) >= 11 is 0. The maximum absolute atomic E-state index is 2.26. The standard InChI is InChI=1S/C11H28N2/c1-12(2,3)10-8-7-9-11-13(4,5)6/h7-11H2,1-6H3/q+2. The van der Waals surface area contributed by atoms with Gasteiger partial charge in [0.2, 0.25) is 0 Å². The summed E-state index contributed by atoms with van der Waals surface area (Å²) in [5, 5.41) is 0. The van der Waals surface area contributed by atoms with Crippen molar-refractivity contribution in [3.8, 4) is 0 Å². The molecule has 0 radical (unpaired) electrons. The van der Waals surface area contributed by atoms with Crippen LogP contribution in [-0.2, 0) is 0 Å². The number of nitrogens with zero attached hydrogens (tertiary/aromatic N) is 2. The lowest BCUT2D eigenvalue weighted by Crippen LogP contribution is -2.36. The first-order chi connectivity index (χ1) is 5.71. The minimum atomic E-state index is 1.10. The third-order valence-corrected chi connectivity index (χ3v) is 2.16. The van der Waals surface area contributed by atoms with Crippen LogP contribution in [0, 0.1) is 0 Å². The third kappa shape index (κ3) is 11.9. The minimum Gasteiger partial charge on any atom is -0.331 e. The van der Waals surface area contributed by atoms with Crippen LogP contribution in [0.2, 0.25) is 0 Å². The molecular weight excluding hydrogens is 160 g/mol. The van der Waals surface area contributed by atoms with Gasteiger partial charge in [-0.15, -0.1) is 0 Å². The quantitative estimate of drug-likeness (QED) is 0.438. The number of quaternary nitrogens is 2. The van der Waals surface area contributed by atoms with Crippen molar-refractivity contribution in [2.24, 2.45) is 0 Å². The summed E-state index contributed by atoms with van der Waals surface area (Å²) in [5.74, 6) is 0. The van der Waals surface area contributed by atoms with Gasteiger partial charge in [-0.3, -0.25) is 0 Å².